The molecule has 1 unspecified atom stereocenters. The lowest BCUT2D eigenvalue weighted by Crippen LogP contribution is -2.24. The Bertz CT molecular complexity index is 667. The van der Waals surface area contributed by atoms with Crippen LogP contribution in [0.5, 0.6) is 0 Å². The number of nitrogens with one attached hydrogen (secondary N) is 1. The van der Waals surface area contributed by atoms with Gasteiger partial charge in [-0.25, -0.2) is 4.98 Å². The van der Waals surface area contributed by atoms with E-state index in [1.54, 1.807) is 18.2 Å². The molecular weight excluding hydrogens is 274 g/mol. The van der Waals surface area contributed by atoms with Gasteiger partial charge in [-0.15, -0.1) is 0 Å². The Morgan fingerprint density at radius 3 is 3.20 bits per heavy atom. The third kappa shape index (κ3) is 2.56. The summed E-state index contributed by atoms with van der Waals surface area (Å²) in [6.45, 7) is 2.24. The average Bonchev–Trinajstić information content (AvgIpc) is 3.01. The van der Waals surface area contributed by atoms with E-state index in [0.717, 1.165) is 16.7 Å². The van der Waals surface area contributed by atoms with E-state index in [-0.39, 0.29) is 16.9 Å². The number of thioether (sulfide) groups is 1. The number of amides is 1. The van der Waals surface area contributed by atoms with Crippen molar-refractivity contribution in [3.8, 4) is 0 Å². The van der Waals surface area contributed by atoms with Gasteiger partial charge in [0.15, 0.2) is 5.12 Å². The van der Waals surface area contributed by atoms with Gasteiger partial charge in [0, 0.05) is 31.3 Å². The Balaban J connectivity index is 1.76. The molecule has 2 aromatic rings. The zero-order valence-corrected chi connectivity index (χ0v) is 11.9. The van der Waals surface area contributed by atoms with Crippen LogP contribution in [0.3, 0.4) is 0 Å². The number of H-pyrrole nitrogens is 1. The molecule has 5 nitrogen and oxygen atoms in total. The molecule has 0 bridgehead atoms. The van der Waals surface area contributed by atoms with E-state index in [0.29, 0.717) is 18.7 Å². The number of hydrogen-bond acceptors (Lipinski definition) is 4. The first-order valence-electron chi connectivity index (χ1n) is 6.50. The molecule has 6 heteroatoms. The first kappa shape index (κ1) is 13.2. The molecule has 20 heavy (non-hydrogen) atoms. The minimum Gasteiger partial charge on any atom is -0.345 e. The summed E-state index contributed by atoms with van der Waals surface area (Å²) < 4.78 is 0. The van der Waals surface area contributed by atoms with Gasteiger partial charge in [0.2, 0.25) is 5.91 Å². The lowest BCUT2D eigenvalue weighted by molar-refractivity contribution is -0.117. The first-order valence-corrected chi connectivity index (χ1v) is 7.49. The molecule has 1 fully saturated rings. The lowest BCUT2D eigenvalue weighted by atomic mass is 10.1. The third-order valence-electron chi connectivity index (χ3n) is 3.44. The van der Waals surface area contributed by atoms with Gasteiger partial charge in [0.1, 0.15) is 0 Å². The summed E-state index contributed by atoms with van der Waals surface area (Å²) in [5.74, 6) is 1.08. The number of aromatic nitrogens is 2. The van der Waals surface area contributed by atoms with Crippen molar-refractivity contribution in [2.45, 2.75) is 13.3 Å². The molecule has 104 valence electrons. The van der Waals surface area contributed by atoms with Crippen molar-refractivity contribution in [3.05, 3.63) is 24.5 Å². The lowest BCUT2D eigenvalue weighted by Gasteiger charge is -2.16. The van der Waals surface area contributed by atoms with Crippen molar-refractivity contribution in [1.29, 1.82) is 0 Å². The van der Waals surface area contributed by atoms with Crippen LogP contribution in [0.2, 0.25) is 0 Å². The van der Waals surface area contributed by atoms with Crippen LogP contribution in [-0.4, -0.2) is 33.3 Å². The number of nitrogens with zero attached hydrogens (tertiary/aromatic N) is 2. The van der Waals surface area contributed by atoms with Gasteiger partial charge < -0.3 is 9.88 Å². The molecule has 3 rings (SSSR count). The number of benzene rings is 1. The highest BCUT2D eigenvalue weighted by Gasteiger charge is 2.30. The van der Waals surface area contributed by atoms with Gasteiger partial charge in [0.05, 0.1) is 17.4 Å². The zero-order chi connectivity index (χ0) is 14.1. The number of fused-ring (bicyclic) bond motifs is 1. The number of hydrogen-bond donors (Lipinski definition) is 1. The highest BCUT2D eigenvalue weighted by Crippen LogP contribution is 2.28. The van der Waals surface area contributed by atoms with E-state index in [4.69, 9.17) is 0 Å². The Kier molecular flexibility index (Phi) is 3.48. The molecule has 0 spiro atoms. The molecule has 1 aromatic heterocycles. The van der Waals surface area contributed by atoms with E-state index >= 15 is 0 Å². The second-order valence-corrected chi connectivity index (χ2v) is 6.18. The molecule has 2 heterocycles. The molecule has 1 atom stereocenters. The number of imidazole rings is 1. The van der Waals surface area contributed by atoms with Crippen LogP contribution in [0.15, 0.2) is 24.5 Å². The maximum absolute atomic E-state index is 12.1. The smallest absolute Gasteiger partial charge is 0.227 e. The summed E-state index contributed by atoms with van der Waals surface area (Å²) in [6.07, 6.45) is 2.16. The van der Waals surface area contributed by atoms with Gasteiger partial charge in [-0.1, -0.05) is 11.8 Å². The number of carbonyl (C=O) groups excluding carboxylic acids is 2. The zero-order valence-electron chi connectivity index (χ0n) is 11.1. The van der Waals surface area contributed by atoms with Gasteiger partial charge in [-0.3, -0.25) is 9.59 Å². The van der Waals surface area contributed by atoms with E-state index in [1.165, 1.54) is 11.8 Å². The highest BCUT2D eigenvalue weighted by molar-refractivity contribution is 8.13. The number of carbonyl (C=O) groups is 2. The summed E-state index contributed by atoms with van der Waals surface area (Å²) in [5.41, 5.74) is 2.71. The number of aromatic amines is 1. The van der Waals surface area contributed by atoms with Crippen LogP contribution in [0.25, 0.3) is 11.0 Å². The van der Waals surface area contributed by atoms with Crippen molar-refractivity contribution in [3.63, 3.8) is 0 Å². The van der Waals surface area contributed by atoms with Crippen molar-refractivity contribution in [1.82, 2.24) is 9.97 Å². The summed E-state index contributed by atoms with van der Waals surface area (Å²) in [7, 11) is 0. The van der Waals surface area contributed by atoms with E-state index in [9.17, 15) is 9.59 Å². The second-order valence-electron chi connectivity index (χ2n) is 4.98. The average molecular weight is 289 g/mol. The van der Waals surface area contributed by atoms with Crippen molar-refractivity contribution in [2.75, 3.05) is 17.2 Å². The first-order chi connectivity index (χ1) is 9.63. The maximum atomic E-state index is 12.1. The molecule has 1 N–H and O–H groups in total. The van der Waals surface area contributed by atoms with Gasteiger partial charge >= 0.3 is 0 Å². The fourth-order valence-electron chi connectivity index (χ4n) is 2.47. The van der Waals surface area contributed by atoms with Crippen molar-refractivity contribution >= 4 is 39.5 Å². The van der Waals surface area contributed by atoms with Crippen LogP contribution < -0.4 is 4.90 Å². The number of anilines is 1. The largest absolute Gasteiger partial charge is 0.345 e. The van der Waals surface area contributed by atoms with Gasteiger partial charge in [-0.2, -0.15) is 0 Å². The summed E-state index contributed by atoms with van der Waals surface area (Å²) in [5, 5.41) is 0.106. The molecular formula is C14H15N3O2S. The highest BCUT2D eigenvalue weighted by atomic mass is 32.2. The summed E-state index contributed by atoms with van der Waals surface area (Å²) >= 11 is 1.30. The van der Waals surface area contributed by atoms with E-state index < -0.39 is 0 Å². The molecule has 0 aliphatic carbocycles. The summed E-state index contributed by atoms with van der Waals surface area (Å²) in [4.78, 5) is 32.1. The van der Waals surface area contributed by atoms with Crippen molar-refractivity contribution in [2.24, 2.45) is 5.92 Å². The van der Waals surface area contributed by atoms with Crippen molar-refractivity contribution < 1.29 is 9.59 Å². The standard InChI is InChI=1S/C14H15N3O2S/c1-9(18)20-7-10-4-14(19)17(6-10)11-2-3-12-13(5-11)16-8-15-12/h2-3,5,8,10H,4,6-7H2,1H3,(H,15,16). The van der Waals surface area contributed by atoms with Crippen LogP contribution >= 0.6 is 11.8 Å². The minimum absolute atomic E-state index is 0.106. The van der Waals surface area contributed by atoms with Crippen LogP contribution in [0.4, 0.5) is 5.69 Å². The molecule has 0 radical (unpaired) electrons. The number of rotatable bonds is 3. The fraction of sp³-hybridized carbons (Fsp3) is 0.357. The van der Waals surface area contributed by atoms with E-state index in [2.05, 4.69) is 9.97 Å². The quantitative estimate of drug-likeness (QED) is 0.940. The van der Waals surface area contributed by atoms with Gasteiger partial charge in [0.25, 0.3) is 0 Å². The Morgan fingerprint density at radius 1 is 1.55 bits per heavy atom. The monoisotopic (exact) mass is 289 g/mol. The predicted octanol–water partition coefficient (Wildman–Crippen LogP) is 2.20. The molecule has 1 amide bonds. The van der Waals surface area contributed by atoms with Crippen LogP contribution in [-0.2, 0) is 9.59 Å². The van der Waals surface area contributed by atoms with Crippen LogP contribution in [0.1, 0.15) is 13.3 Å². The second kappa shape index (κ2) is 5.28. The normalized spacial score (nSPS) is 18.9. The molecule has 1 saturated heterocycles. The van der Waals surface area contributed by atoms with Crippen LogP contribution in [0, 0.1) is 5.92 Å². The van der Waals surface area contributed by atoms with Gasteiger partial charge in [-0.05, 0) is 24.1 Å². The molecule has 1 aliphatic rings. The Morgan fingerprint density at radius 2 is 2.40 bits per heavy atom. The third-order valence-corrected chi connectivity index (χ3v) is 4.49. The SMILES string of the molecule is CC(=O)SCC1CC(=O)N(c2ccc3nc[nH]c3c2)C1. The van der Waals surface area contributed by atoms with E-state index in [1.807, 2.05) is 18.2 Å². The Labute approximate surface area is 120 Å². The molecule has 0 saturated carbocycles. The maximum Gasteiger partial charge on any atom is 0.227 e. The molecule has 1 aliphatic heterocycles. The summed E-state index contributed by atoms with van der Waals surface area (Å²) in [6, 6.07) is 5.77. The Hall–Kier alpha value is -1.82. The predicted molar refractivity (Wildman–Crippen MR) is 79.7 cm³/mol. The minimum atomic E-state index is 0.106. The molecule has 1 aromatic carbocycles. The fourth-order valence-corrected chi connectivity index (χ4v) is 3.16. The topological polar surface area (TPSA) is 66.1 Å².